The highest BCUT2D eigenvalue weighted by Gasteiger charge is 2.19. The Morgan fingerprint density at radius 2 is 2.11 bits per heavy atom. The van der Waals surface area contributed by atoms with E-state index >= 15 is 0 Å². The minimum Gasteiger partial charge on any atom is -0.348 e. The first-order valence-corrected chi connectivity index (χ1v) is 10.5. The van der Waals surface area contributed by atoms with E-state index in [1.807, 2.05) is 32.3 Å². The topological polar surface area (TPSA) is 79.8 Å². The molecular weight excluding hydrogens is 372 g/mol. The molecule has 6 nitrogen and oxygen atoms in total. The Bertz CT molecular complexity index is 1030. The summed E-state index contributed by atoms with van der Waals surface area (Å²) in [6.07, 6.45) is 1.59. The molecule has 0 aromatic carbocycles. The third kappa shape index (κ3) is 4.19. The van der Waals surface area contributed by atoms with Crippen LogP contribution in [0.25, 0.3) is 11.0 Å². The monoisotopic (exact) mass is 400 g/mol. The highest BCUT2D eigenvalue weighted by atomic mass is 32.1. The average Bonchev–Trinajstić information content (AvgIpc) is 3.22. The summed E-state index contributed by atoms with van der Waals surface area (Å²) >= 11 is 1.66. The van der Waals surface area contributed by atoms with Crippen LogP contribution < -0.4 is 10.9 Å². The third-order valence-electron chi connectivity index (χ3n) is 5.09. The van der Waals surface area contributed by atoms with Crippen LogP contribution in [0.15, 0.2) is 22.3 Å². The van der Waals surface area contributed by atoms with Gasteiger partial charge in [0.25, 0.3) is 5.56 Å². The lowest BCUT2D eigenvalue weighted by atomic mass is 10.0. The Labute approximate surface area is 169 Å². The molecule has 150 valence electrons. The molecule has 0 saturated heterocycles. The molecule has 1 atom stereocenters. The van der Waals surface area contributed by atoms with Crippen LogP contribution in [0.5, 0.6) is 0 Å². The Hall–Kier alpha value is -2.41. The molecule has 3 aromatic heterocycles. The summed E-state index contributed by atoms with van der Waals surface area (Å²) in [6, 6.07) is 4.09. The highest BCUT2D eigenvalue weighted by molar-refractivity contribution is 7.10. The van der Waals surface area contributed by atoms with Crippen LogP contribution in [0.3, 0.4) is 0 Å². The van der Waals surface area contributed by atoms with Crippen LogP contribution in [0, 0.1) is 19.8 Å². The number of aryl methyl sites for hydroxylation is 3. The predicted molar refractivity (Wildman–Crippen MR) is 114 cm³/mol. The fourth-order valence-corrected chi connectivity index (χ4v) is 4.56. The molecule has 0 spiro atoms. The number of amides is 1. The van der Waals surface area contributed by atoms with Gasteiger partial charge in [-0.25, -0.2) is 0 Å². The van der Waals surface area contributed by atoms with Crippen molar-refractivity contribution in [1.82, 2.24) is 20.1 Å². The fourth-order valence-electron chi connectivity index (χ4n) is 3.77. The number of aromatic nitrogens is 3. The van der Waals surface area contributed by atoms with Gasteiger partial charge in [0, 0.05) is 29.3 Å². The van der Waals surface area contributed by atoms with Crippen molar-refractivity contribution in [3.63, 3.8) is 0 Å². The molecule has 0 fully saturated rings. The summed E-state index contributed by atoms with van der Waals surface area (Å²) in [4.78, 5) is 29.3. The van der Waals surface area contributed by atoms with Crippen LogP contribution in [-0.2, 0) is 18.3 Å². The summed E-state index contributed by atoms with van der Waals surface area (Å²) in [5, 5.41) is 10.5. The summed E-state index contributed by atoms with van der Waals surface area (Å²) in [7, 11) is 1.82. The first-order chi connectivity index (χ1) is 13.3. The van der Waals surface area contributed by atoms with Gasteiger partial charge in [-0.05, 0) is 49.6 Å². The Kier molecular flexibility index (Phi) is 6.03. The molecular formula is C21H28N4O2S. The number of aromatic amines is 1. The van der Waals surface area contributed by atoms with Gasteiger partial charge in [0.2, 0.25) is 5.91 Å². The second kappa shape index (κ2) is 8.31. The Morgan fingerprint density at radius 1 is 1.36 bits per heavy atom. The smallest absolute Gasteiger partial charge is 0.253 e. The van der Waals surface area contributed by atoms with E-state index in [2.05, 4.69) is 35.3 Å². The maximum Gasteiger partial charge on any atom is 0.253 e. The predicted octanol–water partition coefficient (Wildman–Crippen LogP) is 3.78. The van der Waals surface area contributed by atoms with Gasteiger partial charge in [-0.15, -0.1) is 11.3 Å². The van der Waals surface area contributed by atoms with Crippen molar-refractivity contribution in [2.45, 2.75) is 53.0 Å². The molecule has 0 aliphatic carbocycles. The average molecular weight is 401 g/mol. The molecule has 0 aliphatic heterocycles. The van der Waals surface area contributed by atoms with Gasteiger partial charge < -0.3 is 10.3 Å². The third-order valence-corrected chi connectivity index (χ3v) is 6.07. The Morgan fingerprint density at radius 3 is 2.75 bits per heavy atom. The number of rotatable bonds is 7. The zero-order valence-electron chi connectivity index (χ0n) is 17.1. The van der Waals surface area contributed by atoms with Crippen molar-refractivity contribution in [3.05, 3.63) is 49.6 Å². The standard InChI is InChI=1S/C21H28N4O2S/c1-12(2)11-16(17-7-6-10-28-17)22-18(26)9-8-15-13(3)19-14(4)24-25(5)20(19)23-21(15)27/h6-7,10,12,16H,8-9,11H2,1-5H3,(H,22,26)(H,23,27). The number of carbonyl (C=O) groups is 1. The lowest BCUT2D eigenvalue weighted by Crippen LogP contribution is -2.30. The summed E-state index contributed by atoms with van der Waals surface area (Å²) in [5.41, 5.74) is 3.04. The molecule has 0 radical (unpaired) electrons. The quantitative estimate of drug-likeness (QED) is 0.633. The van der Waals surface area contributed by atoms with Gasteiger partial charge in [-0.3, -0.25) is 14.3 Å². The van der Waals surface area contributed by atoms with Crippen LogP contribution in [0.1, 0.15) is 54.4 Å². The van der Waals surface area contributed by atoms with Gasteiger partial charge in [0.15, 0.2) is 0 Å². The normalized spacial score (nSPS) is 12.6. The van der Waals surface area contributed by atoms with Crippen molar-refractivity contribution in [2.24, 2.45) is 13.0 Å². The minimum atomic E-state index is -0.141. The zero-order chi connectivity index (χ0) is 20.4. The number of carbonyl (C=O) groups excluding carboxylic acids is 1. The van der Waals surface area contributed by atoms with Crippen molar-refractivity contribution < 1.29 is 4.79 Å². The maximum absolute atomic E-state index is 12.6. The molecule has 3 rings (SSSR count). The van der Waals surface area contributed by atoms with E-state index in [1.165, 1.54) is 4.88 Å². The number of pyridine rings is 1. The zero-order valence-corrected chi connectivity index (χ0v) is 17.9. The molecule has 7 heteroatoms. The molecule has 0 aliphatic rings. The number of nitrogens with zero attached hydrogens (tertiary/aromatic N) is 2. The lowest BCUT2D eigenvalue weighted by Gasteiger charge is -2.19. The Balaban J connectivity index is 1.75. The molecule has 1 amide bonds. The van der Waals surface area contributed by atoms with Crippen LogP contribution in [0.2, 0.25) is 0 Å². The van der Waals surface area contributed by atoms with Gasteiger partial charge >= 0.3 is 0 Å². The highest BCUT2D eigenvalue weighted by Crippen LogP contribution is 2.26. The van der Waals surface area contributed by atoms with Crippen LogP contribution >= 0.6 is 11.3 Å². The number of hydrogen-bond acceptors (Lipinski definition) is 4. The lowest BCUT2D eigenvalue weighted by molar-refractivity contribution is -0.121. The first kappa shape index (κ1) is 20.3. The SMILES string of the molecule is Cc1nn(C)c2[nH]c(=O)c(CCC(=O)NC(CC(C)C)c3cccs3)c(C)c12. The number of nitrogens with one attached hydrogen (secondary N) is 2. The number of H-pyrrole nitrogens is 1. The van der Waals surface area contributed by atoms with Gasteiger partial charge in [0.1, 0.15) is 5.65 Å². The number of fused-ring (bicyclic) bond motifs is 1. The summed E-state index contributed by atoms with van der Waals surface area (Å²) < 4.78 is 1.69. The molecule has 28 heavy (non-hydrogen) atoms. The van der Waals surface area contributed by atoms with E-state index in [9.17, 15) is 9.59 Å². The van der Waals surface area contributed by atoms with Crippen LogP contribution in [0.4, 0.5) is 0 Å². The summed E-state index contributed by atoms with van der Waals surface area (Å²) in [5.74, 6) is 0.453. The second-order valence-electron chi connectivity index (χ2n) is 7.76. The van der Waals surface area contributed by atoms with Gasteiger partial charge in [-0.2, -0.15) is 5.10 Å². The van der Waals surface area contributed by atoms with Gasteiger partial charge in [-0.1, -0.05) is 19.9 Å². The molecule has 3 aromatic rings. The number of hydrogen-bond donors (Lipinski definition) is 2. The first-order valence-electron chi connectivity index (χ1n) is 9.65. The molecule has 3 heterocycles. The molecule has 0 bridgehead atoms. The van der Waals surface area contributed by atoms with E-state index < -0.39 is 0 Å². The van der Waals surface area contributed by atoms with Crippen molar-refractivity contribution in [3.8, 4) is 0 Å². The van der Waals surface area contributed by atoms with Crippen molar-refractivity contribution in [2.75, 3.05) is 0 Å². The molecule has 0 saturated carbocycles. The van der Waals surface area contributed by atoms with Crippen LogP contribution in [-0.4, -0.2) is 20.7 Å². The molecule has 2 N–H and O–H groups in total. The fraction of sp³-hybridized carbons (Fsp3) is 0.476. The van der Waals surface area contributed by atoms with E-state index in [0.29, 0.717) is 17.9 Å². The van der Waals surface area contributed by atoms with E-state index in [4.69, 9.17) is 0 Å². The van der Waals surface area contributed by atoms with Crippen molar-refractivity contribution in [1.29, 1.82) is 0 Å². The minimum absolute atomic E-state index is 0.0231. The van der Waals surface area contributed by atoms with E-state index in [0.717, 1.165) is 28.7 Å². The largest absolute Gasteiger partial charge is 0.348 e. The maximum atomic E-state index is 12.6. The second-order valence-corrected chi connectivity index (χ2v) is 8.73. The molecule has 1 unspecified atom stereocenters. The number of thiophene rings is 1. The van der Waals surface area contributed by atoms with Gasteiger partial charge in [0.05, 0.1) is 11.7 Å². The summed E-state index contributed by atoms with van der Waals surface area (Å²) in [6.45, 7) is 8.18. The van der Waals surface area contributed by atoms with E-state index in [-0.39, 0.29) is 23.9 Å². The van der Waals surface area contributed by atoms with E-state index in [1.54, 1.807) is 16.0 Å². The van der Waals surface area contributed by atoms with Crippen molar-refractivity contribution >= 4 is 28.3 Å².